The van der Waals surface area contributed by atoms with Gasteiger partial charge in [-0.05, 0) is 56.2 Å². The Hall–Kier alpha value is -1.06. The number of nitrogens with one attached hydrogen (secondary N) is 1. The number of rotatable bonds is 6. The summed E-state index contributed by atoms with van der Waals surface area (Å²) < 4.78 is 5.72. The highest BCUT2D eigenvalue weighted by Crippen LogP contribution is 2.23. The highest BCUT2D eigenvalue weighted by Gasteiger charge is 2.20. The van der Waals surface area contributed by atoms with Crippen molar-refractivity contribution in [1.29, 1.82) is 0 Å². The fraction of sp³-hybridized carbons (Fsp3) is 0.667. The quantitative estimate of drug-likeness (QED) is 0.840. The molecular formula is C18H29NO2. The number of hydrogen-bond acceptors (Lipinski definition) is 3. The molecule has 3 heteroatoms. The first-order valence-electron chi connectivity index (χ1n) is 8.21. The van der Waals surface area contributed by atoms with Gasteiger partial charge >= 0.3 is 0 Å². The van der Waals surface area contributed by atoms with Crippen LogP contribution >= 0.6 is 0 Å². The highest BCUT2D eigenvalue weighted by molar-refractivity contribution is 5.29. The molecule has 0 amide bonds. The molecule has 0 spiro atoms. The molecule has 0 heterocycles. The van der Waals surface area contributed by atoms with Crippen LogP contribution in [-0.2, 0) is 0 Å². The van der Waals surface area contributed by atoms with Gasteiger partial charge < -0.3 is 15.2 Å². The molecule has 21 heavy (non-hydrogen) atoms. The van der Waals surface area contributed by atoms with E-state index in [-0.39, 0.29) is 6.10 Å². The van der Waals surface area contributed by atoms with Gasteiger partial charge in [0.25, 0.3) is 0 Å². The predicted octanol–water partition coefficient (Wildman–Crippen LogP) is 3.68. The van der Waals surface area contributed by atoms with Crippen LogP contribution in [0, 0.1) is 5.92 Å². The Morgan fingerprint density at radius 3 is 2.29 bits per heavy atom. The minimum atomic E-state index is -0.0873. The van der Waals surface area contributed by atoms with Crippen LogP contribution in [0.1, 0.15) is 58.1 Å². The Morgan fingerprint density at radius 1 is 1.10 bits per heavy atom. The molecule has 0 saturated heterocycles. The summed E-state index contributed by atoms with van der Waals surface area (Å²) in [5.74, 6) is 1.49. The van der Waals surface area contributed by atoms with Gasteiger partial charge in [-0.25, -0.2) is 0 Å². The number of aliphatic hydroxyl groups excluding tert-OH is 1. The molecule has 1 aromatic rings. The lowest BCUT2D eigenvalue weighted by atomic mass is 9.92. The van der Waals surface area contributed by atoms with Crippen LogP contribution in [0.4, 0.5) is 0 Å². The van der Waals surface area contributed by atoms with Gasteiger partial charge in [-0.15, -0.1) is 0 Å². The number of hydrogen-bond donors (Lipinski definition) is 2. The van der Waals surface area contributed by atoms with Crippen molar-refractivity contribution in [3.05, 3.63) is 29.8 Å². The monoisotopic (exact) mass is 291 g/mol. The molecule has 0 bridgehead atoms. The molecule has 3 nitrogen and oxygen atoms in total. The van der Waals surface area contributed by atoms with Crippen LogP contribution in [-0.4, -0.2) is 23.9 Å². The Balaban J connectivity index is 1.83. The van der Waals surface area contributed by atoms with Gasteiger partial charge in [-0.3, -0.25) is 0 Å². The number of aliphatic hydroxyl groups is 1. The fourth-order valence-corrected chi connectivity index (χ4v) is 2.81. The van der Waals surface area contributed by atoms with Crippen molar-refractivity contribution in [3.8, 4) is 5.75 Å². The topological polar surface area (TPSA) is 41.5 Å². The Morgan fingerprint density at radius 2 is 1.71 bits per heavy atom. The Labute approximate surface area is 128 Å². The van der Waals surface area contributed by atoms with Crippen LogP contribution in [0.3, 0.4) is 0 Å². The molecule has 0 aliphatic heterocycles. The first kappa shape index (κ1) is 16.3. The Kier molecular flexibility index (Phi) is 6.07. The molecule has 1 fully saturated rings. The summed E-state index contributed by atoms with van der Waals surface area (Å²) in [5, 5.41) is 13.2. The maximum absolute atomic E-state index is 9.56. The van der Waals surface area contributed by atoms with Crippen LogP contribution in [0.2, 0.25) is 0 Å². The van der Waals surface area contributed by atoms with Crippen LogP contribution in [0.5, 0.6) is 5.75 Å². The second-order valence-electron chi connectivity index (χ2n) is 6.67. The van der Waals surface area contributed by atoms with Gasteiger partial charge in [0.05, 0.1) is 12.7 Å². The van der Waals surface area contributed by atoms with Gasteiger partial charge in [0, 0.05) is 12.1 Å². The second-order valence-corrected chi connectivity index (χ2v) is 6.67. The zero-order chi connectivity index (χ0) is 15.2. The minimum Gasteiger partial charge on any atom is -0.493 e. The van der Waals surface area contributed by atoms with Crippen molar-refractivity contribution in [2.24, 2.45) is 5.92 Å². The zero-order valence-electron chi connectivity index (χ0n) is 13.5. The second kappa shape index (κ2) is 7.81. The number of benzene rings is 1. The molecule has 1 unspecified atom stereocenters. The van der Waals surface area contributed by atoms with Gasteiger partial charge in [-0.1, -0.05) is 26.0 Å². The normalized spacial score (nSPS) is 24.0. The fourth-order valence-electron chi connectivity index (χ4n) is 2.81. The smallest absolute Gasteiger partial charge is 0.119 e. The molecule has 1 aliphatic rings. The van der Waals surface area contributed by atoms with Crippen molar-refractivity contribution in [2.75, 3.05) is 6.61 Å². The summed E-state index contributed by atoms with van der Waals surface area (Å²) in [7, 11) is 0. The molecule has 1 saturated carbocycles. The maximum atomic E-state index is 9.56. The van der Waals surface area contributed by atoms with E-state index in [1.807, 2.05) is 0 Å². The molecule has 0 aromatic heterocycles. The maximum Gasteiger partial charge on any atom is 0.119 e. The highest BCUT2D eigenvalue weighted by atomic mass is 16.5. The Bertz CT molecular complexity index is 408. The molecule has 1 atom stereocenters. The lowest BCUT2D eigenvalue weighted by molar-refractivity contribution is 0.114. The van der Waals surface area contributed by atoms with E-state index in [0.29, 0.717) is 18.0 Å². The van der Waals surface area contributed by atoms with Crippen LogP contribution in [0.25, 0.3) is 0 Å². The van der Waals surface area contributed by atoms with Crippen molar-refractivity contribution >= 4 is 0 Å². The summed E-state index contributed by atoms with van der Waals surface area (Å²) >= 11 is 0. The van der Waals surface area contributed by atoms with Crippen molar-refractivity contribution < 1.29 is 9.84 Å². The van der Waals surface area contributed by atoms with E-state index in [0.717, 1.165) is 38.0 Å². The molecule has 1 aliphatic carbocycles. The third-order valence-corrected chi connectivity index (χ3v) is 4.15. The van der Waals surface area contributed by atoms with E-state index in [4.69, 9.17) is 4.74 Å². The van der Waals surface area contributed by atoms with Crippen molar-refractivity contribution in [2.45, 2.75) is 64.6 Å². The predicted molar refractivity (Wildman–Crippen MR) is 86.6 cm³/mol. The van der Waals surface area contributed by atoms with Crippen molar-refractivity contribution in [1.82, 2.24) is 5.32 Å². The molecule has 0 radical (unpaired) electrons. The van der Waals surface area contributed by atoms with Gasteiger partial charge in [0.1, 0.15) is 5.75 Å². The molecular weight excluding hydrogens is 262 g/mol. The van der Waals surface area contributed by atoms with E-state index in [2.05, 4.69) is 50.4 Å². The third-order valence-electron chi connectivity index (χ3n) is 4.15. The first-order chi connectivity index (χ1) is 10.0. The summed E-state index contributed by atoms with van der Waals surface area (Å²) in [5.41, 5.74) is 1.29. The summed E-state index contributed by atoms with van der Waals surface area (Å²) in [6.07, 6.45) is 3.90. The van der Waals surface area contributed by atoms with Crippen molar-refractivity contribution in [3.63, 3.8) is 0 Å². The average molecular weight is 291 g/mol. The van der Waals surface area contributed by atoms with Crippen LogP contribution in [0.15, 0.2) is 24.3 Å². The molecule has 118 valence electrons. The van der Waals surface area contributed by atoms with Crippen LogP contribution < -0.4 is 10.1 Å². The summed E-state index contributed by atoms with van der Waals surface area (Å²) in [6, 6.07) is 9.27. The van der Waals surface area contributed by atoms with Gasteiger partial charge in [0.2, 0.25) is 0 Å². The van der Waals surface area contributed by atoms with E-state index < -0.39 is 0 Å². The summed E-state index contributed by atoms with van der Waals surface area (Å²) in [4.78, 5) is 0. The molecule has 2 rings (SSSR count). The standard InChI is InChI=1S/C18H29NO2/c1-13(2)12-21-18-10-4-15(5-11-18)14(3)19-16-6-8-17(20)9-7-16/h4-5,10-11,13-14,16-17,19-20H,6-9,12H2,1-3H3. The minimum absolute atomic E-state index is 0.0873. The third kappa shape index (κ3) is 5.33. The van der Waals surface area contributed by atoms with Gasteiger partial charge in [0.15, 0.2) is 0 Å². The summed E-state index contributed by atoms with van der Waals surface area (Å²) in [6.45, 7) is 7.27. The molecule has 2 N–H and O–H groups in total. The largest absolute Gasteiger partial charge is 0.493 e. The average Bonchev–Trinajstić information content (AvgIpc) is 2.48. The molecule has 1 aromatic carbocycles. The van der Waals surface area contributed by atoms with Gasteiger partial charge in [-0.2, -0.15) is 0 Å². The van der Waals surface area contributed by atoms with E-state index in [9.17, 15) is 5.11 Å². The zero-order valence-corrected chi connectivity index (χ0v) is 13.5. The van der Waals surface area contributed by atoms with E-state index >= 15 is 0 Å². The van der Waals surface area contributed by atoms with E-state index in [1.165, 1.54) is 5.56 Å². The lowest BCUT2D eigenvalue weighted by Crippen LogP contribution is -2.36. The number of ether oxygens (including phenoxy) is 1. The first-order valence-corrected chi connectivity index (χ1v) is 8.21. The van der Waals surface area contributed by atoms with E-state index in [1.54, 1.807) is 0 Å². The lowest BCUT2D eigenvalue weighted by Gasteiger charge is -2.29. The SMILES string of the molecule is CC(C)COc1ccc(C(C)NC2CCC(O)CC2)cc1.